The van der Waals surface area contributed by atoms with Gasteiger partial charge in [-0.25, -0.2) is 0 Å². The van der Waals surface area contributed by atoms with Crippen LogP contribution in [0.1, 0.15) is 41.5 Å². The Kier molecular flexibility index (Phi) is 7.67. The Hall–Kier alpha value is 0.779. The van der Waals surface area contributed by atoms with Crippen molar-refractivity contribution in [2.24, 2.45) is 0 Å². The molecule has 2 unspecified atom stereocenters. The van der Waals surface area contributed by atoms with Crippen LogP contribution < -0.4 is 10.6 Å². The van der Waals surface area contributed by atoms with Crippen molar-refractivity contribution >= 4 is 69.1 Å². The van der Waals surface area contributed by atoms with Crippen LogP contribution in [0.2, 0.25) is 0 Å². The molecule has 0 nitrogen and oxygen atoms in total. The second-order valence-electron chi connectivity index (χ2n) is 8.26. The number of benzene rings is 2. The molecule has 0 amide bonds. The predicted octanol–water partition coefficient (Wildman–Crippen LogP) is 5.35. The van der Waals surface area contributed by atoms with E-state index in [1.807, 2.05) is 0 Å². The van der Waals surface area contributed by atoms with Crippen LogP contribution in [-0.4, -0.2) is 35.7 Å². The topological polar surface area (TPSA) is 0 Å². The first-order valence-electron chi connectivity index (χ1n) is 8.61. The maximum atomic E-state index is 6.47. The first-order chi connectivity index (χ1) is 11.9. The molecule has 0 fully saturated rings. The van der Waals surface area contributed by atoms with Crippen LogP contribution in [0.15, 0.2) is 60.7 Å². The van der Waals surface area contributed by atoms with Gasteiger partial charge in [-0.15, -0.1) is 0 Å². The Labute approximate surface area is 180 Å². The molecule has 0 bridgehead atoms. The fraction of sp³-hybridized carbons (Fsp3) is 0.400. The molecule has 0 saturated carbocycles. The molecular formula is C20H28P2S2Se2. The van der Waals surface area contributed by atoms with E-state index in [4.69, 9.17) is 23.6 Å². The fourth-order valence-corrected chi connectivity index (χ4v) is 68.1. The molecule has 0 spiro atoms. The van der Waals surface area contributed by atoms with Crippen LogP contribution in [-0.2, 0) is 23.6 Å². The van der Waals surface area contributed by atoms with Crippen molar-refractivity contribution in [2.75, 3.05) is 0 Å². The van der Waals surface area contributed by atoms with Gasteiger partial charge in [0, 0.05) is 0 Å². The molecule has 0 aromatic heterocycles. The van der Waals surface area contributed by atoms with Crippen LogP contribution in [0, 0.1) is 0 Å². The summed E-state index contributed by atoms with van der Waals surface area (Å²) in [4.78, 5) is 0. The third-order valence-electron chi connectivity index (χ3n) is 4.20. The van der Waals surface area contributed by atoms with Gasteiger partial charge in [-0.2, -0.15) is 0 Å². The van der Waals surface area contributed by atoms with Gasteiger partial charge in [0.05, 0.1) is 0 Å². The Morgan fingerprint density at radius 2 is 0.846 bits per heavy atom. The molecule has 0 aliphatic heterocycles. The van der Waals surface area contributed by atoms with Crippen molar-refractivity contribution in [3.63, 3.8) is 0 Å². The van der Waals surface area contributed by atoms with Crippen molar-refractivity contribution in [3.8, 4) is 0 Å². The van der Waals surface area contributed by atoms with Crippen LogP contribution >= 0.6 is 9.45 Å². The zero-order valence-electron chi connectivity index (χ0n) is 16.3. The summed E-state index contributed by atoms with van der Waals surface area (Å²) in [5.41, 5.74) is 0. The molecule has 0 radical (unpaired) electrons. The molecule has 142 valence electrons. The van der Waals surface area contributed by atoms with Gasteiger partial charge < -0.3 is 0 Å². The van der Waals surface area contributed by atoms with Crippen molar-refractivity contribution in [2.45, 2.75) is 51.9 Å². The van der Waals surface area contributed by atoms with E-state index < -0.39 is 9.45 Å². The quantitative estimate of drug-likeness (QED) is 0.363. The molecule has 0 N–H and O–H groups in total. The molecule has 0 saturated heterocycles. The number of rotatable bonds is 5. The average Bonchev–Trinajstić information content (AvgIpc) is 2.59. The minimum absolute atomic E-state index is 0.139. The normalized spacial score (nSPS) is 17.3. The first-order valence-corrected chi connectivity index (χ1v) is 23.0. The summed E-state index contributed by atoms with van der Waals surface area (Å²) in [5.74, 6) is 0. The van der Waals surface area contributed by atoms with Crippen LogP contribution in [0.25, 0.3) is 0 Å². The molecule has 0 aliphatic rings. The summed E-state index contributed by atoms with van der Waals surface area (Å²) in [6, 6.07) is 21.8. The van der Waals surface area contributed by atoms with Gasteiger partial charge in [-0.3, -0.25) is 0 Å². The molecular weight excluding hydrogens is 524 g/mol. The predicted molar refractivity (Wildman–Crippen MR) is 132 cm³/mol. The van der Waals surface area contributed by atoms with Gasteiger partial charge in [0.15, 0.2) is 0 Å². The Bertz CT molecular complexity index is 751. The zero-order valence-corrected chi connectivity index (χ0v) is 23.1. The van der Waals surface area contributed by atoms with E-state index in [-0.39, 0.29) is 10.3 Å². The van der Waals surface area contributed by atoms with Gasteiger partial charge in [0.25, 0.3) is 0 Å². The van der Waals surface area contributed by atoms with Crippen molar-refractivity contribution in [3.05, 3.63) is 60.7 Å². The first kappa shape index (κ1) is 23.1. The van der Waals surface area contributed by atoms with Crippen LogP contribution in [0.4, 0.5) is 0 Å². The van der Waals surface area contributed by atoms with Crippen molar-refractivity contribution in [1.29, 1.82) is 0 Å². The number of hydrogen-bond donors (Lipinski definition) is 0. The summed E-state index contributed by atoms with van der Waals surface area (Å²) < 4.78 is -3.31. The molecule has 2 atom stereocenters. The average molecular weight is 552 g/mol. The van der Waals surface area contributed by atoms with Crippen molar-refractivity contribution in [1.82, 2.24) is 0 Å². The number of hydrogen-bond acceptors (Lipinski definition) is 2. The van der Waals surface area contributed by atoms with Gasteiger partial charge in [0.1, 0.15) is 0 Å². The molecule has 6 heteroatoms. The van der Waals surface area contributed by atoms with Crippen LogP contribution in [0.3, 0.4) is 0 Å². The molecule has 26 heavy (non-hydrogen) atoms. The molecule has 2 aromatic rings. The molecule has 0 aliphatic carbocycles. The summed E-state index contributed by atoms with van der Waals surface area (Å²) in [6.45, 7) is 14.0. The molecule has 0 heterocycles. The summed E-state index contributed by atoms with van der Waals surface area (Å²) in [6.07, 6.45) is 0. The van der Waals surface area contributed by atoms with E-state index in [9.17, 15) is 0 Å². The van der Waals surface area contributed by atoms with E-state index in [0.717, 1.165) is 0 Å². The van der Waals surface area contributed by atoms with Gasteiger partial charge >= 0.3 is 182 Å². The Morgan fingerprint density at radius 1 is 0.577 bits per heavy atom. The summed E-state index contributed by atoms with van der Waals surface area (Å²) in [5, 5.41) is 3.07. The third-order valence-corrected chi connectivity index (χ3v) is 58.5. The van der Waals surface area contributed by atoms with Crippen LogP contribution in [0.5, 0.6) is 0 Å². The van der Waals surface area contributed by atoms with E-state index in [0.29, 0.717) is 25.4 Å². The van der Waals surface area contributed by atoms with Crippen molar-refractivity contribution < 1.29 is 0 Å². The SMILES string of the molecule is CC(C)(C)P(=S)([Se][Se]P(=S)(c1ccccc1)C(C)(C)C)c1ccccc1. The standard InChI is InChI=1S/C20H28P2S2Se2/c1-19(2,3)21(23,17-13-9-7-10-14-17)25-26-22(24,20(4,5)6)18-15-11-8-12-16-18/h7-16H,1-6H3. The van der Waals surface area contributed by atoms with Gasteiger partial charge in [0.2, 0.25) is 0 Å². The Morgan fingerprint density at radius 3 is 1.08 bits per heavy atom. The summed E-state index contributed by atoms with van der Waals surface area (Å²) >= 11 is 13.7. The van der Waals surface area contributed by atoms with E-state index in [1.165, 1.54) is 10.6 Å². The monoisotopic (exact) mass is 554 g/mol. The van der Waals surface area contributed by atoms with Gasteiger partial charge in [-0.05, 0) is 0 Å². The van der Waals surface area contributed by atoms with E-state index in [2.05, 4.69) is 102 Å². The van der Waals surface area contributed by atoms with Gasteiger partial charge in [-0.1, -0.05) is 0 Å². The zero-order chi connectivity index (χ0) is 19.6. The van der Waals surface area contributed by atoms with E-state index >= 15 is 0 Å². The maximum absolute atomic E-state index is 6.47. The van der Waals surface area contributed by atoms with E-state index in [1.54, 1.807) is 0 Å². The minimum atomic E-state index is -1.66. The fourth-order valence-electron chi connectivity index (χ4n) is 2.43. The second-order valence-corrected chi connectivity index (χ2v) is 39.4. The third kappa shape index (κ3) is 4.84. The second kappa shape index (κ2) is 8.65. The molecule has 2 rings (SSSR count). The Balaban J connectivity index is 2.47. The summed E-state index contributed by atoms with van der Waals surface area (Å²) in [7, 11) is 0. The molecule has 2 aromatic carbocycles.